The molecule has 116 valence electrons. The molecule has 1 aromatic carbocycles. The van der Waals surface area contributed by atoms with E-state index in [2.05, 4.69) is 0 Å². The Kier molecular flexibility index (Phi) is 5.36. The van der Waals surface area contributed by atoms with Crippen LogP contribution >= 0.6 is 0 Å². The molecule has 0 aliphatic heterocycles. The van der Waals surface area contributed by atoms with E-state index < -0.39 is 12.0 Å². The molecule has 2 aromatic rings. The maximum atomic E-state index is 12.2. The van der Waals surface area contributed by atoms with Gasteiger partial charge >= 0.3 is 5.97 Å². The maximum absolute atomic E-state index is 12.2. The Morgan fingerprint density at radius 3 is 2.59 bits per heavy atom. The molecule has 0 amide bonds. The smallest absolute Gasteiger partial charge is 0.329 e. The molecule has 0 spiro atoms. The standard InChI is InChI=1S/C17H19NO4/c1-3-21-15-10-7-11-18(16(15)19)13(2)17(20)22-12-14-8-5-4-6-9-14/h4-11,13H,3,12H2,1-2H3. The van der Waals surface area contributed by atoms with Crippen molar-refractivity contribution in [3.05, 3.63) is 64.6 Å². The fraction of sp³-hybridized carbons (Fsp3) is 0.294. The molecule has 0 fully saturated rings. The van der Waals surface area contributed by atoms with E-state index in [0.717, 1.165) is 5.56 Å². The number of esters is 1. The fourth-order valence-corrected chi connectivity index (χ4v) is 2.02. The molecule has 1 aromatic heterocycles. The quantitative estimate of drug-likeness (QED) is 0.769. The molecule has 0 radical (unpaired) electrons. The van der Waals surface area contributed by atoms with Gasteiger partial charge < -0.3 is 9.47 Å². The summed E-state index contributed by atoms with van der Waals surface area (Å²) in [6, 6.07) is 12.0. The molecule has 0 saturated carbocycles. The monoisotopic (exact) mass is 301 g/mol. The third kappa shape index (κ3) is 3.75. The minimum atomic E-state index is -0.711. The van der Waals surface area contributed by atoms with Crippen molar-refractivity contribution in [3.8, 4) is 5.75 Å². The lowest BCUT2D eigenvalue weighted by molar-refractivity contribution is -0.148. The highest BCUT2D eigenvalue weighted by molar-refractivity contribution is 5.73. The van der Waals surface area contributed by atoms with Crippen LogP contribution in [-0.2, 0) is 16.1 Å². The van der Waals surface area contributed by atoms with Crippen LogP contribution in [0.1, 0.15) is 25.5 Å². The molecule has 0 N–H and O–H groups in total. The van der Waals surface area contributed by atoms with E-state index in [1.54, 1.807) is 32.2 Å². The number of benzene rings is 1. The van der Waals surface area contributed by atoms with Crippen LogP contribution in [-0.4, -0.2) is 17.1 Å². The van der Waals surface area contributed by atoms with Gasteiger partial charge in [-0.15, -0.1) is 0 Å². The maximum Gasteiger partial charge on any atom is 0.329 e. The second-order valence-corrected chi connectivity index (χ2v) is 4.79. The van der Waals surface area contributed by atoms with Crippen LogP contribution in [0.25, 0.3) is 0 Å². The van der Waals surface area contributed by atoms with E-state index in [0.29, 0.717) is 6.61 Å². The Hall–Kier alpha value is -2.56. The van der Waals surface area contributed by atoms with Gasteiger partial charge in [0.25, 0.3) is 5.56 Å². The van der Waals surface area contributed by atoms with Crippen LogP contribution in [0.4, 0.5) is 0 Å². The molecule has 0 saturated heterocycles. The van der Waals surface area contributed by atoms with Gasteiger partial charge in [-0.2, -0.15) is 0 Å². The van der Waals surface area contributed by atoms with Crippen molar-refractivity contribution in [2.24, 2.45) is 0 Å². The molecular formula is C17H19NO4. The molecule has 1 unspecified atom stereocenters. The number of ether oxygens (including phenoxy) is 2. The van der Waals surface area contributed by atoms with Gasteiger partial charge in [-0.05, 0) is 31.5 Å². The first-order valence-corrected chi connectivity index (χ1v) is 7.18. The van der Waals surface area contributed by atoms with E-state index in [9.17, 15) is 9.59 Å². The zero-order valence-corrected chi connectivity index (χ0v) is 12.7. The molecule has 2 rings (SSSR count). The van der Waals surface area contributed by atoms with Gasteiger partial charge in [0.15, 0.2) is 5.75 Å². The number of aromatic nitrogens is 1. The van der Waals surface area contributed by atoms with Crippen molar-refractivity contribution in [1.29, 1.82) is 0 Å². The summed E-state index contributed by atoms with van der Waals surface area (Å²) in [6.45, 7) is 4.01. The molecular weight excluding hydrogens is 282 g/mol. The van der Waals surface area contributed by atoms with Crippen molar-refractivity contribution in [3.63, 3.8) is 0 Å². The van der Waals surface area contributed by atoms with Crippen LogP contribution in [0.15, 0.2) is 53.5 Å². The number of hydrogen-bond donors (Lipinski definition) is 0. The SMILES string of the molecule is CCOc1cccn(C(C)C(=O)OCc2ccccc2)c1=O. The predicted octanol–water partition coefficient (Wildman–Crippen LogP) is 2.55. The molecule has 0 bridgehead atoms. The van der Waals surface area contributed by atoms with Crippen LogP contribution in [0, 0.1) is 0 Å². The normalized spacial score (nSPS) is 11.7. The highest BCUT2D eigenvalue weighted by Gasteiger charge is 2.19. The number of rotatable bonds is 6. The topological polar surface area (TPSA) is 57.5 Å². The summed E-state index contributed by atoms with van der Waals surface area (Å²) in [4.78, 5) is 24.3. The molecule has 1 atom stereocenters. The van der Waals surface area contributed by atoms with Crippen LogP contribution in [0.5, 0.6) is 5.75 Å². The van der Waals surface area contributed by atoms with Crippen molar-refractivity contribution in [2.45, 2.75) is 26.5 Å². The highest BCUT2D eigenvalue weighted by atomic mass is 16.5. The molecule has 1 heterocycles. The number of carbonyl (C=O) groups excluding carboxylic acids is 1. The highest BCUT2D eigenvalue weighted by Crippen LogP contribution is 2.11. The molecule has 0 aliphatic carbocycles. The molecule has 0 aliphatic rings. The largest absolute Gasteiger partial charge is 0.488 e. The average molecular weight is 301 g/mol. The first kappa shape index (κ1) is 15.8. The van der Waals surface area contributed by atoms with Crippen molar-refractivity contribution >= 4 is 5.97 Å². The summed E-state index contributed by atoms with van der Waals surface area (Å²) < 4.78 is 11.8. The lowest BCUT2D eigenvalue weighted by Gasteiger charge is -2.15. The van der Waals surface area contributed by atoms with Gasteiger partial charge in [0.05, 0.1) is 6.61 Å². The second kappa shape index (κ2) is 7.45. The zero-order valence-electron chi connectivity index (χ0n) is 12.7. The van der Waals surface area contributed by atoms with E-state index in [1.807, 2.05) is 30.3 Å². The zero-order chi connectivity index (χ0) is 15.9. The second-order valence-electron chi connectivity index (χ2n) is 4.79. The Bertz CT molecular complexity index is 679. The van der Waals surface area contributed by atoms with Gasteiger partial charge in [0, 0.05) is 6.20 Å². The average Bonchev–Trinajstić information content (AvgIpc) is 2.55. The fourth-order valence-electron chi connectivity index (χ4n) is 2.02. The Labute approximate surface area is 129 Å². The van der Waals surface area contributed by atoms with Gasteiger partial charge in [0.1, 0.15) is 12.6 Å². The van der Waals surface area contributed by atoms with Gasteiger partial charge in [0.2, 0.25) is 0 Å². The summed E-state index contributed by atoms with van der Waals surface area (Å²) in [7, 11) is 0. The van der Waals surface area contributed by atoms with Crippen LogP contribution < -0.4 is 10.3 Å². The minimum absolute atomic E-state index is 0.184. The summed E-state index contributed by atoms with van der Waals surface area (Å²) in [5, 5.41) is 0. The first-order chi connectivity index (χ1) is 10.6. The molecule has 5 heteroatoms. The van der Waals surface area contributed by atoms with E-state index in [4.69, 9.17) is 9.47 Å². The van der Waals surface area contributed by atoms with Gasteiger partial charge in [-0.1, -0.05) is 30.3 Å². The van der Waals surface area contributed by atoms with Gasteiger partial charge in [-0.25, -0.2) is 4.79 Å². The first-order valence-electron chi connectivity index (χ1n) is 7.18. The summed E-state index contributed by atoms with van der Waals surface area (Å²) in [5.41, 5.74) is 0.562. The summed E-state index contributed by atoms with van der Waals surface area (Å²) in [5.74, 6) is -0.229. The minimum Gasteiger partial charge on any atom is -0.488 e. The number of carbonyl (C=O) groups is 1. The van der Waals surface area contributed by atoms with Crippen LogP contribution in [0.3, 0.4) is 0 Å². The van der Waals surface area contributed by atoms with Crippen molar-refractivity contribution in [1.82, 2.24) is 4.57 Å². The summed E-state index contributed by atoms with van der Waals surface area (Å²) >= 11 is 0. The van der Waals surface area contributed by atoms with Crippen molar-refractivity contribution < 1.29 is 14.3 Å². The predicted molar refractivity (Wildman–Crippen MR) is 82.8 cm³/mol. The Morgan fingerprint density at radius 2 is 1.91 bits per heavy atom. The van der Waals surface area contributed by atoms with Crippen molar-refractivity contribution in [2.75, 3.05) is 6.61 Å². The lowest BCUT2D eigenvalue weighted by atomic mass is 10.2. The Morgan fingerprint density at radius 1 is 1.18 bits per heavy atom. The number of hydrogen-bond acceptors (Lipinski definition) is 4. The third-order valence-electron chi connectivity index (χ3n) is 3.22. The molecule has 22 heavy (non-hydrogen) atoms. The Balaban J connectivity index is 2.07. The number of pyridine rings is 1. The lowest BCUT2D eigenvalue weighted by Crippen LogP contribution is -2.29. The van der Waals surface area contributed by atoms with E-state index in [-0.39, 0.29) is 17.9 Å². The molecule has 5 nitrogen and oxygen atoms in total. The van der Waals surface area contributed by atoms with E-state index in [1.165, 1.54) is 4.57 Å². The number of nitrogens with zero attached hydrogens (tertiary/aromatic N) is 1. The van der Waals surface area contributed by atoms with Gasteiger partial charge in [-0.3, -0.25) is 9.36 Å². The van der Waals surface area contributed by atoms with Crippen LogP contribution in [0.2, 0.25) is 0 Å². The summed E-state index contributed by atoms with van der Waals surface area (Å²) in [6.07, 6.45) is 1.55. The third-order valence-corrected chi connectivity index (χ3v) is 3.22. The van der Waals surface area contributed by atoms with E-state index >= 15 is 0 Å².